The predicted molar refractivity (Wildman–Crippen MR) is 79.6 cm³/mol. The number of ether oxygens (including phenoxy) is 1. The van der Waals surface area contributed by atoms with Crippen molar-refractivity contribution in [3.05, 3.63) is 33.0 Å². The lowest BCUT2D eigenvalue weighted by molar-refractivity contribution is -0.138. The average molecular weight is 371 g/mol. The number of halogens is 2. The molecule has 0 aliphatic heterocycles. The quantitative estimate of drug-likeness (QED) is 0.873. The molecule has 1 heterocycles. The number of rotatable bonds is 5. The van der Waals surface area contributed by atoms with Crippen molar-refractivity contribution in [2.45, 2.75) is 25.7 Å². The number of carboxylic acid groups (broad SMARTS) is 1. The monoisotopic (exact) mass is 370 g/mol. The van der Waals surface area contributed by atoms with Crippen LogP contribution in [0, 0.1) is 5.92 Å². The Morgan fingerprint density at radius 3 is 2.86 bits per heavy atom. The molecule has 22 heavy (non-hydrogen) atoms. The number of benzene rings is 1. The van der Waals surface area contributed by atoms with Crippen LogP contribution in [0.4, 0.5) is 4.39 Å². The summed E-state index contributed by atoms with van der Waals surface area (Å²) in [5.74, 6) is -1.45. The number of hydrogen-bond acceptors (Lipinski definition) is 4. The minimum atomic E-state index is -1.51. The normalized spacial score (nSPS) is 15.7. The van der Waals surface area contributed by atoms with Gasteiger partial charge in [-0.2, -0.15) is 0 Å². The lowest BCUT2D eigenvalue weighted by Crippen LogP contribution is -2.28. The van der Waals surface area contributed by atoms with E-state index >= 15 is 0 Å². The third-order valence-corrected chi connectivity index (χ3v) is 3.88. The number of aromatic nitrogens is 2. The second-order valence-electron chi connectivity index (χ2n) is 5.16. The fourth-order valence-corrected chi connectivity index (χ4v) is 2.47. The fourth-order valence-electron chi connectivity index (χ4n) is 2.11. The van der Waals surface area contributed by atoms with Gasteiger partial charge in [-0.25, -0.2) is 9.07 Å². The molecule has 1 atom stereocenters. The zero-order valence-corrected chi connectivity index (χ0v) is 12.9. The Labute approximate surface area is 132 Å². The first-order chi connectivity index (χ1) is 10.5. The van der Waals surface area contributed by atoms with Crippen LogP contribution in [-0.4, -0.2) is 27.2 Å². The fraction of sp³-hybridized carbons (Fsp3) is 0.357. The molecule has 0 bridgehead atoms. The first-order valence-corrected chi connectivity index (χ1v) is 7.48. The molecule has 0 amide bonds. The van der Waals surface area contributed by atoms with E-state index < -0.39 is 24.4 Å². The molecule has 0 spiro atoms. The highest BCUT2D eigenvalue weighted by Crippen LogP contribution is 2.36. The van der Waals surface area contributed by atoms with Crippen LogP contribution < -0.4 is 10.3 Å². The van der Waals surface area contributed by atoms with Crippen LogP contribution in [0.25, 0.3) is 10.8 Å². The molecule has 2 aromatic rings. The maximum atomic E-state index is 13.9. The molecule has 6 nitrogen and oxygen atoms in total. The molecular formula is C14H12BrFN2O4. The number of aliphatic carboxylic acids is 1. The molecule has 3 rings (SSSR count). The molecule has 1 saturated carbocycles. The summed E-state index contributed by atoms with van der Waals surface area (Å²) in [5, 5.41) is 13.3. The minimum absolute atomic E-state index is 0.0726. The number of fused-ring (bicyclic) bond motifs is 1. The van der Waals surface area contributed by atoms with Crippen molar-refractivity contribution in [1.82, 2.24) is 9.78 Å². The van der Waals surface area contributed by atoms with Crippen molar-refractivity contribution in [3.8, 4) is 5.88 Å². The molecule has 1 aromatic carbocycles. The Bertz CT molecular complexity index is 803. The first kappa shape index (κ1) is 15.0. The Kier molecular flexibility index (Phi) is 3.86. The second-order valence-corrected chi connectivity index (χ2v) is 6.07. The van der Waals surface area contributed by atoms with Gasteiger partial charge in [0, 0.05) is 10.4 Å². The van der Waals surface area contributed by atoms with E-state index in [-0.39, 0.29) is 17.2 Å². The van der Waals surface area contributed by atoms with E-state index in [1.165, 1.54) is 6.07 Å². The van der Waals surface area contributed by atoms with Crippen molar-refractivity contribution in [3.63, 3.8) is 0 Å². The average Bonchev–Trinajstić information content (AvgIpc) is 3.27. The molecule has 1 unspecified atom stereocenters. The van der Waals surface area contributed by atoms with Gasteiger partial charge in [0.25, 0.3) is 5.56 Å². The number of carboxylic acids is 1. The zero-order valence-electron chi connectivity index (χ0n) is 11.3. The first-order valence-electron chi connectivity index (χ1n) is 6.68. The van der Waals surface area contributed by atoms with Gasteiger partial charge in [0.2, 0.25) is 12.2 Å². The SMILES string of the molecule is O=C(O)Cn1nc(OC(F)C2CC2)c2cc(Br)ccc2c1=O. The van der Waals surface area contributed by atoms with Gasteiger partial charge in [-0.05, 0) is 31.0 Å². The van der Waals surface area contributed by atoms with Crippen LogP contribution in [0.15, 0.2) is 27.5 Å². The van der Waals surface area contributed by atoms with Gasteiger partial charge in [0.15, 0.2) is 0 Å². The van der Waals surface area contributed by atoms with E-state index in [1.54, 1.807) is 12.1 Å². The highest BCUT2D eigenvalue weighted by Gasteiger charge is 2.34. The third kappa shape index (κ3) is 2.96. The molecule has 8 heteroatoms. The van der Waals surface area contributed by atoms with Crippen molar-refractivity contribution >= 4 is 32.7 Å². The molecule has 1 aromatic heterocycles. The van der Waals surface area contributed by atoms with Gasteiger partial charge in [-0.3, -0.25) is 9.59 Å². The van der Waals surface area contributed by atoms with Crippen molar-refractivity contribution in [2.24, 2.45) is 5.92 Å². The Hall–Kier alpha value is -1.96. The summed E-state index contributed by atoms with van der Waals surface area (Å²) in [7, 11) is 0. The third-order valence-electron chi connectivity index (χ3n) is 3.39. The molecule has 116 valence electrons. The van der Waals surface area contributed by atoms with Gasteiger partial charge < -0.3 is 9.84 Å². The van der Waals surface area contributed by atoms with Gasteiger partial charge in [-0.15, -0.1) is 5.10 Å². The van der Waals surface area contributed by atoms with E-state index in [4.69, 9.17) is 9.84 Å². The molecule has 1 aliphatic rings. The van der Waals surface area contributed by atoms with E-state index in [0.717, 1.165) is 17.5 Å². The smallest absolute Gasteiger partial charge is 0.325 e. The number of hydrogen-bond donors (Lipinski definition) is 1. The highest BCUT2D eigenvalue weighted by atomic mass is 79.9. The lowest BCUT2D eigenvalue weighted by Gasteiger charge is -2.13. The van der Waals surface area contributed by atoms with E-state index in [9.17, 15) is 14.0 Å². The number of carbonyl (C=O) groups is 1. The largest absolute Gasteiger partial charge is 0.480 e. The van der Waals surface area contributed by atoms with Crippen LogP contribution in [0.3, 0.4) is 0 Å². The summed E-state index contributed by atoms with van der Waals surface area (Å²) in [4.78, 5) is 23.1. The van der Waals surface area contributed by atoms with Crippen molar-refractivity contribution in [1.29, 1.82) is 0 Å². The van der Waals surface area contributed by atoms with E-state index in [2.05, 4.69) is 21.0 Å². The van der Waals surface area contributed by atoms with E-state index in [1.807, 2.05) is 0 Å². The Balaban J connectivity index is 2.13. The Morgan fingerprint density at radius 1 is 1.50 bits per heavy atom. The topological polar surface area (TPSA) is 81.4 Å². The summed E-state index contributed by atoms with van der Waals surface area (Å²) >= 11 is 3.28. The van der Waals surface area contributed by atoms with Crippen LogP contribution in [0.1, 0.15) is 12.8 Å². The molecule has 1 fully saturated rings. The summed E-state index contributed by atoms with van der Waals surface area (Å²) < 4.78 is 20.6. The standard InChI is InChI=1S/C14H12BrFN2O4/c15-8-3-4-9-10(5-8)13(22-12(16)7-1-2-7)17-18(14(9)21)6-11(19)20/h3-5,7,12H,1-2,6H2,(H,19,20). The molecule has 1 N–H and O–H groups in total. The predicted octanol–water partition coefficient (Wildman–Crippen LogP) is 2.33. The van der Waals surface area contributed by atoms with Gasteiger partial charge >= 0.3 is 5.97 Å². The van der Waals surface area contributed by atoms with Crippen LogP contribution >= 0.6 is 15.9 Å². The maximum Gasteiger partial charge on any atom is 0.325 e. The zero-order chi connectivity index (χ0) is 15.9. The van der Waals surface area contributed by atoms with Gasteiger partial charge in [0.05, 0.1) is 10.8 Å². The maximum absolute atomic E-state index is 13.9. The van der Waals surface area contributed by atoms with E-state index in [0.29, 0.717) is 9.86 Å². The minimum Gasteiger partial charge on any atom is -0.480 e. The summed E-state index contributed by atoms with van der Waals surface area (Å²) in [6, 6.07) is 4.77. The van der Waals surface area contributed by atoms with Crippen LogP contribution in [-0.2, 0) is 11.3 Å². The van der Waals surface area contributed by atoms with Crippen LogP contribution in [0.2, 0.25) is 0 Å². The van der Waals surface area contributed by atoms with Crippen molar-refractivity contribution in [2.75, 3.05) is 0 Å². The van der Waals surface area contributed by atoms with Crippen LogP contribution in [0.5, 0.6) is 5.88 Å². The van der Waals surface area contributed by atoms with Gasteiger partial charge in [0.1, 0.15) is 6.54 Å². The lowest BCUT2D eigenvalue weighted by atomic mass is 10.2. The summed E-state index contributed by atoms with van der Waals surface area (Å²) in [6.07, 6.45) is -0.0137. The molecule has 0 radical (unpaired) electrons. The highest BCUT2D eigenvalue weighted by molar-refractivity contribution is 9.10. The van der Waals surface area contributed by atoms with Crippen molar-refractivity contribution < 1.29 is 19.0 Å². The van der Waals surface area contributed by atoms with Gasteiger partial charge in [-0.1, -0.05) is 15.9 Å². The number of alkyl halides is 1. The summed E-state index contributed by atoms with van der Waals surface area (Å²) in [5.41, 5.74) is -0.556. The molecular weight excluding hydrogens is 359 g/mol. The molecule has 1 aliphatic carbocycles. The number of nitrogens with zero attached hydrogens (tertiary/aromatic N) is 2. The Morgan fingerprint density at radius 2 is 2.23 bits per heavy atom. The second kappa shape index (κ2) is 5.68. The molecule has 0 saturated heterocycles. The summed E-state index contributed by atoms with van der Waals surface area (Å²) in [6.45, 7) is -0.610.